The predicted molar refractivity (Wildman–Crippen MR) is 103 cm³/mol. The summed E-state index contributed by atoms with van der Waals surface area (Å²) < 4.78 is 11.6. The van der Waals surface area contributed by atoms with Crippen LogP contribution in [0.1, 0.15) is 46.1 Å². The van der Waals surface area contributed by atoms with Crippen LogP contribution in [0, 0.1) is 11.8 Å². The Labute approximate surface area is 152 Å². The Kier molecular flexibility index (Phi) is 5.67. The van der Waals surface area contributed by atoms with Crippen LogP contribution < -0.4 is 4.74 Å². The smallest absolute Gasteiger partial charge is 0.216 e. The molecule has 2 atom stereocenters. The molecule has 0 saturated carbocycles. The van der Waals surface area contributed by atoms with Crippen LogP contribution in [0.4, 0.5) is 0 Å². The maximum Gasteiger partial charge on any atom is 0.216 e. The Balaban J connectivity index is 1.42. The number of piperidine rings is 1. The summed E-state index contributed by atoms with van der Waals surface area (Å²) in [6.07, 6.45) is 2.44. The lowest BCUT2D eigenvalue weighted by atomic mass is 9.92. The lowest BCUT2D eigenvalue weighted by Crippen LogP contribution is -2.39. The fraction of sp³-hybridized carbons (Fsp3) is 0.667. The second-order valence-electron chi connectivity index (χ2n) is 8.45. The average molecular weight is 344 g/mol. The summed E-state index contributed by atoms with van der Waals surface area (Å²) in [4.78, 5) is 7.19. The van der Waals surface area contributed by atoms with Gasteiger partial charge in [0.05, 0.1) is 12.1 Å². The maximum atomic E-state index is 5.90. The van der Waals surface area contributed by atoms with Crippen molar-refractivity contribution in [2.45, 2.75) is 46.1 Å². The largest absolute Gasteiger partial charge is 0.494 e. The molecule has 0 N–H and O–H groups in total. The molecule has 2 aliphatic rings. The standard InChI is InChI=1S/C21H32N2O2/c1-16-12-17(2)14-23(13-16)10-5-11-24-19-8-6-18(7-9-19)20-22-21(3,4)15-25-20/h6-9,16-17H,5,10-15H2,1-4H3. The van der Waals surface area contributed by atoms with Crippen molar-refractivity contribution in [3.05, 3.63) is 29.8 Å². The number of ether oxygens (including phenoxy) is 2. The Hall–Kier alpha value is -1.55. The van der Waals surface area contributed by atoms with E-state index in [9.17, 15) is 0 Å². The number of nitrogens with zero attached hydrogens (tertiary/aromatic N) is 2. The molecule has 1 aromatic carbocycles. The van der Waals surface area contributed by atoms with E-state index < -0.39 is 0 Å². The minimum absolute atomic E-state index is 0.117. The first-order valence-corrected chi connectivity index (χ1v) is 9.59. The quantitative estimate of drug-likeness (QED) is 0.732. The minimum Gasteiger partial charge on any atom is -0.494 e. The molecular formula is C21H32N2O2. The number of likely N-dealkylation sites (tertiary alicyclic amines) is 1. The summed E-state index contributed by atoms with van der Waals surface area (Å²) in [5.74, 6) is 3.30. The van der Waals surface area contributed by atoms with Gasteiger partial charge in [0.25, 0.3) is 0 Å². The van der Waals surface area contributed by atoms with Crippen molar-refractivity contribution in [3.63, 3.8) is 0 Å². The van der Waals surface area contributed by atoms with Crippen molar-refractivity contribution in [1.29, 1.82) is 0 Å². The molecule has 0 aromatic heterocycles. The molecule has 138 valence electrons. The molecule has 0 amide bonds. The Bertz CT molecular complexity index is 584. The molecule has 1 fully saturated rings. The second-order valence-corrected chi connectivity index (χ2v) is 8.45. The SMILES string of the molecule is CC1CC(C)CN(CCCOc2ccc(C3=NC(C)(C)CO3)cc2)C1. The Morgan fingerprint density at radius 1 is 1.16 bits per heavy atom. The monoisotopic (exact) mass is 344 g/mol. The van der Waals surface area contributed by atoms with Crippen molar-refractivity contribution < 1.29 is 9.47 Å². The lowest BCUT2D eigenvalue weighted by molar-refractivity contribution is 0.132. The highest BCUT2D eigenvalue weighted by atomic mass is 16.5. The molecule has 1 aromatic rings. The molecule has 0 aliphatic carbocycles. The second kappa shape index (κ2) is 7.77. The highest BCUT2D eigenvalue weighted by Gasteiger charge is 2.27. The topological polar surface area (TPSA) is 34.1 Å². The molecule has 2 heterocycles. The van der Waals surface area contributed by atoms with Crippen LogP contribution >= 0.6 is 0 Å². The zero-order valence-corrected chi connectivity index (χ0v) is 16.1. The molecule has 0 spiro atoms. The van der Waals surface area contributed by atoms with E-state index >= 15 is 0 Å². The van der Waals surface area contributed by atoms with Crippen LogP contribution in [0.3, 0.4) is 0 Å². The maximum absolute atomic E-state index is 5.90. The van der Waals surface area contributed by atoms with E-state index in [-0.39, 0.29) is 5.54 Å². The molecular weight excluding hydrogens is 312 g/mol. The molecule has 4 heteroatoms. The van der Waals surface area contributed by atoms with Gasteiger partial charge in [-0.15, -0.1) is 0 Å². The Morgan fingerprint density at radius 2 is 1.84 bits per heavy atom. The van der Waals surface area contributed by atoms with Gasteiger partial charge >= 0.3 is 0 Å². The molecule has 1 saturated heterocycles. The summed E-state index contributed by atoms with van der Waals surface area (Å²) in [7, 11) is 0. The molecule has 4 nitrogen and oxygen atoms in total. The van der Waals surface area contributed by atoms with Crippen LogP contribution in [-0.4, -0.2) is 49.2 Å². The highest BCUT2D eigenvalue weighted by molar-refractivity contribution is 5.95. The number of benzene rings is 1. The number of aliphatic imine (C=N–C) groups is 1. The number of rotatable bonds is 6. The van der Waals surface area contributed by atoms with Crippen molar-refractivity contribution in [2.75, 3.05) is 32.8 Å². The summed E-state index contributed by atoms with van der Waals surface area (Å²) in [6, 6.07) is 8.09. The molecule has 25 heavy (non-hydrogen) atoms. The van der Waals surface area contributed by atoms with Gasteiger partial charge in [0.1, 0.15) is 12.4 Å². The molecule has 0 bridgehead atoms. The van der Waals surface area contributed by atoms with Gasteiger partial charge in [0, 0.05) is 25.2 Å². The fourth-order valence-corrected chi connectivity index (χ4v) is 3.88. The third-order valence-electron chi connectivity index (χ3n) is 4.90. The van der Waals surface area contributed by atoms with E-state index in [1.165, 1.54) is 19.5 Å². The van der Waals surface area contributed by atoms with Crippen LogP contribution in [0.15, 0.2) is 29.3 Å². The fourth-order valence-electron chi connectivity index (χ4n) is 3.88. The summed E-state index contributed by atoms with van der Waals surface area (Å²) in [6.45, 7) is 13.9. The highest BCUT2D eigenvalue weighted by Crippen LogP contribution is 2.23. The molecule has 3 rings (SSSR count). The number of hydrogen-bond acceptors (Lipinski definition) is 4. The van der Waals surface area contributed by atoms with E-state index in [4.69, 9.17) is 9.47 Å². The van der Waals surface area contributed by atoms with Crippen molar-refractivity contribution >= 4 is 5.90 Å². The third kappa shape index (κ3) is 5.21. The molecule has 2 aliphatic heterocycles. The van der Waals surface area contributed by atoms with E-state index in [1.807, 2.05) is 24.3 Å². The zero-order valence-electron chi connectivity index (χ0n) is 16.1. The van der Waals surface area contributed by atoms with Gasteiger partial charge in [-0.1, -0.05) is 13.8 Å². The van der Waals surface area contributed by atoms with Gasteiger partial charge in [-0.3, -0.25) is 0 Å². The van der Waals surface area contributed by atoms with Gasteiger partial charge in [0.2, 0.25) is 5.90 Å². The lowest BCUT2D eigenvalue weighted by Gasteiger charge is -2.34. The molecule has 2 unspecified atom stereocenters. The van der Waals surface area contributed by atoms with E-state index in [1.54, 1.807) is 0 Å². The first-order valence-electron chi connectivity index (χ1n) is 9.59. The first kappa shape index (κ1) is 18.2. The Morgan fingerprint density at radius 3 is 2.44 bits per heavy atom. The van der Waals surface area contributed by atoms with Gasteiger partial charge < -0.3 is 14.4 Å². The summed E-state index contributed by atoms with van der Waals surface area (Å²) >= 11 is 0. The van der Waals surface area contributed by atoms with Crippen LogP contribution in [0.25, 0.3) is 0 Å². The average Bonchev–Trinajstić information content (AvgIpc) is 2.91. The molecule has 0 radical (unpaired) electrons. The van der Waals surface area contributed by atoms with Crippen LogP contribution in [-0.2, 0) is 4.74 Å². The van der Waals surface area contributed by atoms with E-state index in [2.05, 4.69) is 37.6 Å². The van der Waals surface area contributed by atoms with Gasteiger partial charge in [0.15, 0.2) is 0 Å². The van der Waals surface area contributed by atoms with Crippen molar-refractivity contribution in [1.82, 2.24) is 4.90 Å². The summed E-state index contributed by atoms with van der Waals surface area (Å²) in [5.41, 5.74) is 0.905. The van der Waals surface area contributed by atoms with Gasteiger partial charge in [-0.2, -0.15) is 0 Å². The zero-order chi connectivity index (χ0) is 17.9. The van der Waals surface area contributed by atoms with E-state index in [0.717, 1.165) is 48.6 Å². The van der Waals surface area contributed by atoms with Crippen molar-refractivity contribution in [2.24, 2.45) is 16.8 Å². The van der Waals surface area contributed by atoms with E-state index in [0.29, 0.717) is 6.61 Å². The minimum atomic E-state index is -0.117. The van der Waals surface area contributed by atoms with Crippen LogP contribution in [0.5, 0.6) is 5.75 Å². The normalized spacial score (nSPS) is 26.2. The van der Waals surface area contributed by atoms with Crippen LogP contribution in [0.2, 0.25) is 0 Å². The van der Waals surface area contributed by atoms with Gasteiger partial charge in [-0.25, -0.2) is 4.99 Å². The first-order chi connectivity index (χ1) is 11.9. The van der Waals surface area contributed by atoms with Gasteiger partial charge in [-0.05, 0) is 62.8 Å². The number of hydrogen-bond donors (Lipinski definition) is 0. The predicted octanol–water partition coefficient (Wildman–Crippen LogP) is 3.99. The van der Waals surface area contributed by atoms with Crippen molar-refractivity contribution in [3.8, 4) is 5.75 Å². The third-order valence-corrected chi connectivity index (χ3v) is 4.90. The summed E-state index contributed by atoms with van der Waals surface area (Å²) in [5, 5.41) is 0.